The number of nitrogens with zero attached hydrogens (tertiary/aromatic N) is 1. The van der Waals surface area contributed by atoms with E-state index in [-0.39, 0.29) is 12.6 Å². The first-order valence-electron chi connectivity index (χ1n) is 7.86. The van der Waals surface area contributed by atoms with Crippen LogP contribution in [-0.4, -0.2) is 23.3 Å². The van der Waals surface area contributed by atoms with E-state index >= 15 is 0 Å². The molecule has 0 fully saturated rings. The van der Waals surface area contributed by atoms with Crippen LogP contribution in [0.3, 0.4) is 0 Å². The maximum atomic E-state index is 12.1. The third-order valence-electron chi connectivity index (χ3n) is 3.83. The number of ether oxygens (including phenoxy) is 1. The predicted molar refractivity (Wildman–Crippen MR) is 94.0 cm³/mol. The normalized spacial score (nSPS) is 14.4. The van der Waals surface area contributed by atoms with E-state index in [0.717, 1.165) is 24.1 Å². The molecule has 0 unspecified atom stereocenters. The van der Waals surface area contributed by atoms with Crippen molar-refractivity contribution in [1.82, 2.24) is 0 Å². The SMILES string of the molecule is C=Cc1ccc(COC(=O)C2=CC[C-]([N+](=CC)CC)C=C2)cc1. The molecule has 0 aliphatic heterocycles. The molecule has 3 nitrogen and oxygen atoms in total. The molecule has 1 aromatic carbocycles. The molecule has 1 aromatic rings. The molecule has 3 heteroatoms. The quantitative estimate of drug-likeness (QED) is 0.345. The van der Waals surface area contributed by atoms with Crippen molar-refractivity contribution in [3.05, 3.63) is 71.8 Å². The topological polar surface area (TPSA) is 29.3 Å². The van der Waals surface area contributed by atoms with Crippen LogP contribution in [0.15, 0.2) is 54.6 Å². The van der Waals surface area contributed by atoms with Crippen molar-refractivity contribution in [2.45, 2.75) is 26.9 Å². The zero-order chi connectivity index (χ0) is 16.7. The van der Waals surface area contributed by atoms with Crippen LogP contribution in [0.1, 0.15) is 31.4 Å². The summed E-state index contributed by atoms with van der Waals surface area (Å²) in [7, 11) is 0. The number of hydrogen-bond acceptors (Lipinski definition) is 2. The lowest BCUT2D eigenvalue weighted by Gasteiger charge is -2.20. The molecule has 0 saturated carbocycles. The smallest absolute Gasteiger partial charge is 0.325 e. The molecule has 0 N–H and O–H groups in total. The second-order valence-corrected chi connectivity index (χ2v) is 5.25. The molecule has 0 atom stereocenters. The van der Waals surface area contributed by atoms with Gasteiger partial charge in [0.15, 0.2) is 0 Å². The first kappa shape index (κ1) is 16.8. The highest BCUT2D eigenvalue weighted by molar-refractivity contribution is 5.92. The molecule has 1 aliphatic carbocycles. The van der Waals surface area contributed by atoms with Crippen LogP contribution in [0.25, 0.3) is 6.08 Å². The van der Waals surface area contributed by atoms with Crippen molar-refractivity contribution in [3.8, 4) is 0 Å². The molecular weight excluding hydrogens is 286 g/mol. The number of likely N-dealkylation sites (N-methyl/N-ethyl adjacent to an activating group) is 1. The van der Waals surface area contributed by atoms with E-state index < -0.39 is 0 Å². The monoisotopic (exact) mass is 309 g/mol. The van der Waals surface area contributed by atoms with Gasteiger partial charge in [0.25, 0.3) is 0 Å². The molecule has 0 spiro atoms. The third-order valence-corrected chi connectivity index (χ3v) is 3.83. The fourth-order valence-electron chi connectivity index (χ4n) is 2.43. The highest BCUT2D eigenvalue weighted by Gasteiger charge is 2.15. The molecule has 0 aromatic heterocycles. The minimum Gasteiger partial charge on any atom is -0.458 e. The Labute approximate surface area is 138 Å². The van der Waals surface area contributed by atoms with Gasteiger partial charge in [0, 0.05) is 12.0 Å². The summed E-state index contributed by atoms with van der Waals surface area (Å²) in [6, 6.07) is 8.98. The predicted octanol–water partition coefficient (Wildman–Crippen LogP) is 3.91. The summed E-state index contributed by atoms with van der Waals surface area (Å²) in [6.45, 7) is 9.03. The van der Waals surface area contributed by atoms with E-state index in [1.165, 1.54) is 6.04 Å². The zero-order valence-corrected chi connectivity index (χ0v) is 13.8. The van der Waals surface area contributed by atoms with Gasteiger partial charge in [-0.15, -0.1) is 12.2 Å². The Balaban J connectivity index is 1.89. The van der Waals surface area contributed by atoms with E-state index in [0.29, 0.717) is 5.57 Å². The average Bonchev–Trinajstić information content (AvgIpc) is 2.61. The number of benzene rings is 1. The fourth-order valence-corrected chi connectivity index (χ4v) is 2.43. The Morgan fingerprint density at radius 2 is 2.13 bits per heavy atom. The van der Waals surface area contributed by atoms with E-state index in [1.54, 1.807) is 6.08 Å². The number of carbonyl (C=O) groups is 1. The highest BCUT2D eigenvalue weighted by Crippen LogP contribution is 2.20. The fraction of sp³-hybridized carbons (Fsp3) is 0.250. The standard InChI is InChI=1S/C20H23NO2/c1-4-16-7-9-17(10-8-16)15-23-20(22)18-11-13-19(14-12-18)21(5-2)6-3/h4-5,7-13H,1,6,14-15H2,2-3H3. The second-order valence-electron chi connectivity index (χ2n) is 5.25. The van der Waals surface area contributed by atoms with Crippen LogP contribution in [-0.2, 0) is 16.1 Å². The van der Waals surface area contributed by atoms with Crippen LogP contribution in [0.5, 0.6) is 0 Å². The minimum absolute atomic E-state index is 0.280. The molecule has 1 aliphatic rings. The Bertz CT molecular complexity index is 651. The Morgan fingerprint density at radius 3 is 2.65 bits per heavy atom. The van der Waals surface area contributed by atoms with Crippen LogP contribution in [0, 0.1) is 6.04 Å². The lowest BCUT2D eigenvalue weighted by molar-refractivity contribution is -0.499. The van der Waals surface area contributed by atoms with E-state index in [1.807, 2.05) is 55.6 Å². The molecular formula is C20H23NO2. The lowest BCUT2D eigenvalue weighted by Crippen LogP contribution is -2.19. The second kappa shape index (κ2) is 8.18. The van der Waals surface area contributed by atoms with Gasteiger partial charge in [-0.2, -0.15) is 0 Å². The number of hydrogen-bond donors (Lipinski definition) is 0. The maximum absolute atomic E-state index is 12.1. The summed E-state index contributed by atoms with van der Waals surface area (Å²) in [5.74, 6) is -0.281. The van der Waals surface area contributed by atoms with Crippen LogP contribution in [0.2, 0.25) is 0 Å². The van der Waals surface area contributed by atoms with Gasteiger partial charge >= 0.3 is 5.97 Å². The van der Waals surface area contributed by atoms with Crippen molar-refractivity contribution in [3.63, 3.8) is 0 Å². The van der Waals surface area contributed by atoms with E-state index in [9.17, 15) is 4.79 Å². The molecule has 120 valence electrons. The van der Waals surface area contributed by atoms with Crippen LogP contribution in [0.4, 0.5) is 0 Å². The number of esters is 1. The zero-order valence-electron chi connectivity index (χ0n) is 13.8. The van der Waals surface area contributed by atoms with Crippen molar-refractivity contribution >= 4 is 18.3 Å². The minimum atomic E-state index is -0.281. The van der Waals surface area contributed by atoms with Crippen molar-refractivity contribution in [1.29, 1.82) is 0 Å². The van der Waals surface area contributed by atoms with E-state index in [2.05, 4.69) is 18.1 Å². The Morgan fingerprint density at radius 1 is 1.39 bits per heavy atom. The molecule has 2 rings (SSSR count). The average molecular weight is 309 g/mol. The first-order valence-corrected chi connectivity index (χ1v) is 7.86. The summed E-state index contributed by atoms with van der Waals surface area (Å²) in [6.07, 6.45) is 10.3. The van der Waals surface area contributed by atoms with Crippen LogP contribution >= 0.6 is 0 Å². The highest BCUT2D eigenvalue weighted by atomic mass is 16.5. The van der Waals surface area contributed by atoms with Gasteiger partial charge in [0.1, 0.15) is 13.2 Å². The van der Waals surface area contributed by atoms with Gasteiger partial charge < -0.3 is 9.31 Å². The third kappa shape index (κ3) is 4.46. The Kier molecular flexibility index (Phi) is 5.98. The largest absolute Gasteiger partial charge is 0.458 e. The molecule has 0 heterocycles. The Hall–Kier alpha value is -2.55. The van der Waals surface area contributed by atoms with Crippen molar-refractivity contribution in [2.24, 2.45) is 0 Å². The molecule has 0 amide bonds. The summed E-state index contributed by atoms with van der Waals surface area (Å²) in [5, 5.41) is 0. The molecule has 0 bridgehead atoms. The first-order chi connectivity index (χ1) is 11.2. The van der Waals surface area contributed by atoms with Gasteiger partial charge in [0.2, 0.25) is 0 Å². The summed E-state index contributed by atoms with van der Waals surface area (Å²) in [4.78, 5) is 12.1. The molecule has 23 heavy (non-hydrogen) atoms. The lowest BCUT2D eigenvalue weighted by atomic mass is 10.0. The summed E-state index contributed by atoms with van der Waals surface area (Å²) < 4.78 is 7.54. The van der Waals surface area contributed by atoms with Crippen LogP contribution < -0.4 is 0 Å². The summed E-state index contributed by atoms with van der Waals surface area (Å²) >= 11 is 0. The molecule has 0 saturated heterocycles. The van der Waals surface area contributed by atoms with Gasteiger partial charge in [-0.3, -0.25) is 0 Å². The van der Waals surface area contributed by atoms with Gasteiger partial charge in [-0.05, 0) is 25.0 Å². The molecule has 0 radical (unpaired) electrons. The maximum Gasteiger partial charge on any atom is 0.325 e. The number of carbonyl (C=O) groups excluding carboxylic acids is 1. The summed E-state index contributed by atoms with van der Waals surface area (Å²) in [5.41, 5.74) is 2.63. The van der Waals surface area contributed by atoms with Gasteiger partial charge in [0.05, 0.1) is 12.3 Å². The van der Waals surface area contributed by atoms with Crippen molar-refractivity contribution < 1.29 is 14.1 Å². The van der Waals surface area contributed by atoms with E-state index in [4.69, 9.17) is 4.74 Å². The van der Waals surface area contributed by atoms with Gasteiger partial charge in [-0.25, -0.2) is 4.79 Å². The van der Waals surface area contributed by atoms with Gasteiger partial charge in [-0.1, -0.05) is 43.0 Å². The number of rotatable bonds is 6. The van der Waals surface area contributed by atoms with Crippen molar-refractivity contribution in [2.75, 3.05) is 6.54 Å².